The first-order valence-corrected chi connectivity index (χ1v) is 5.65. The van der Waals surface area contributed by atoms with Crippen molar-refractivity contribution in [3.8, 4) is 5.75 Å². The van der Waals surface area contributed by atoms with Gasteiger partial charge in [0.15, 0.2) is 0 Å². The lowest BCUT2D eigenvalue weighted by molar-refractivity contribution is -0.0498. The number of carbonyl (C=O) groups is 1. The number of anilines is 1. The lowest BCUT2D eigenvalue weighted by Crippen LogP contribution is -2.11. The molecule has 0 atom stereocenters. The van der Waals surface area contributed by atoms with Gasteiger partial charge in [0.1, 0.15) is 11.3 Å². The summed E-state index contributed by atoms with van der Waals surface area (Å²) in [6, 6.07) is 5.35. The minimum Gasteiger partial charge on any atom is -0.435 e. The molecule has 0 aliphatic heterocycles. The highest BCUT2D eigenvalue weighted by Crippen LogP contribution is 2.16. The summed E-state index contributed by atoms with van der Waals surface area (Å²) in [5, 5.41) is 10.1. The number of rotatable bonds is 4. The maximum absolute atomic E-state index is 11.9. The molecule has 0 saturated heterocycles. The van der Waals surface area contributed by atoms with Gasteiger partial charge in [-0.15, -0.1) is 10.2 Å². The van der Waals surface area contributed by atoms with E-state index in [4.69, 9.17) is 0 Å². The third-order valence-corrected chi connectivity index (χ3v) is 2.53. The summed E-state index contributed by atoms with van der Waals surface area (Å²) in [7, 11) is 0. The molecule has 0 aliphatic rings. The van der Waals surface area contributed by atoms with E-state index in [0.717, 1.165) is 0 Å². The van der Waals surface area contributed by atoms with Gasteiger partial charge in [-0.3, -0.25) is 10.1 Å². The fourth-order valence-corrected chi connectivity index (χ4v) is 1.62. The maximum Gasteiger partial charge on any atom is 0.387 e. The van der Waals surface area contributed by atoms with Crippen LogP contribution >= 0.6 is 11.3 Å². The Kier molecular flexibility index (Phi) is 3.78. The average molecular weight is 271 g/mol. The van der Waals surface area contributed by atoms with E-state index in [-0.39, 0.29) is 5.75 Å². The molecule has 2 aromatic rings. The van der Waals surface area contributed by atoms with Crippen LogP contribution in [0.25, 0.3) is 0 Å². The largest absolute Gasteiger partial charge is 0.435 e. The van der Waals surface area contributed by atoms with Gasteiger partial charge in [-0.1, -0.05) is 11.3 Å². The molecule has 0 unspecified atom stereocenters. The monoisotopic (exact) mass is 271 g/mol. The van der Waals surface area contributed by atoms with Crippen LogP contribution in [0.2, 0.25) is 0 Å². The number of carbonyl (C=O) groups excluding carboxylic acids is 1. The second kappa shape index (κ2) is 5.50. The Morgan fingerprint density at radius 1 is 1.33 bits per heavy atom. The lowest BCUT2D eigenvalue weighted by Gasteiger charge is -2.05. The molecule has 18 heavy (non-hydrogen) atoms. The first-order chi connectivity index (χ1) is 8.65. The molecule has 1 N–H and O–H groups in total. The van der Waals surface area contributed by atoms with Gasteiger partial charge in [-0.05, 0) is 24.3 Å². The van der Waals surface area contributed by atoms with E-state index in [0.29, 0.717) is 10.7 Å². The molecule has 1 aromatic heterocycles. The van der Waals surface area contributed by atoms with Crippen molar-refractivity contribution in [1.82, 2.24) is 10.2 Å². The first-order valence-electron chi connectivity index (χ1n) is 4.77. The number of hydrogen-bond acceptors (Lipinski definition) is 5. The fourth-order valence-electron chi connectivity index (χ4n) is 1.18. The van der Waals surface area contributed by atoms with E-state index in [1.165, 1.54) is 41.1 Å². The number of ether oxygens (including phenoxy) is 1. The average Bonchev–Trinajstić information content (AvgIpc) is 2.82. The number of benzene rings is 1. The Bertz CT molecular complexity index is 516. The molecule has 1 heterocycles. The third-order valence-electron chi connectivity index (χ3n) is 1.92. The number of nitrogens with one attached hydrogen (secondary N) is 1. The fraction of sp³-hybridized carbons (Fsp3) is 0.100. The van der Waals surface area contributed by atoms with Crippen LogP contribution < -0.4 is 10.1 Å². The van der Waals surface area contributed by atoms with Gasteiger partial charge in [0.25, 0.3) is 5.91 Å². The minimum absolute atomic E-state index is 0.00235. The highest BCUT2D eigenvalue weighted by molar-refractivity contribution is 7.13. The molecular formula is C10H7F2N3O2S. The zero-order valence-corrected chi connectivity index (χ0v) is 9.66. The summed E-state index contributed by atoms with van der Waals surface area (Å²) in [4.78, 5) is 11.7. The Labute approximate surface area is 104 Å². The Hall–Kier alpha value is -2.09. The van der Waals surface area contributed by atoms with Crippen molar-refractivity contribution in [3.05, 3.63) is 35.3 Å². The van der Waals surface area contributed by atoms with Crippen LogP contribution in [0.4, 0.5) is 13.9 Å². The zero-order chi connectivity index (χ0) is 13.0. The Balaban J connectivity index is 2.03. The second-order valence-electron chi connectivity index (χ2n) is 3.10. The van der Waals surface area contributed by atoms with Crippen molar-refractivity contribution < 1.29 is 18.3 Å². The van der Waals surface area contributed by atoms with Gasteiger partial charge < -0.3 is 4.74 Å². The highest BCUT2D eigenvalue weighted by atomic mass is 32.1. The van der Waals surface area contributed by atoms with E-state index < -0.39 is 12.5 Å². The van der Waals surface area contributed by atoms with Gasteiger partial charge in [-0.25, -0.2) is 0 Å². The van der Waals surface area contributed by atoms with E-state index in [1.54, 1.807) is 0 Å². The van der Waals surface area contributed by atoms with Crippen molar-refractivity contribution in [3.63, 3.8) is 0 Å². The number of halogens is 2. The lowest BCUT2D eigenvalue weighted by atomic mass is 10.2. The predicted molar refractivity (Wildman–Crippen MR) is 60.9 cm³/mol. The second-order valence-corrected chi connectivity index (χ2v) is 3.93. The highest BCUT2D eigenvalue weighted by Gasteiger charge is 2.09. The summed E-state index contributed by atoms with van der Waals surface area (Å²) in [5.41, 5.74) is 1.79. The molecule has 0 aliphatic carbocycles. The molecule has 0 fully saturated rings. The molecule has 5 nitrogen and oxygen atoms in total. The molecule has 0 radical (unpaired) electrons. The van der Waals surface area contributed by atoms with Gasteiger partial charge in [-0.2, -0.15) is 8.78 Å². The predicted octanol–water partition coefficient (Wildman–Crippen LogP) is 2.39. The topological polar surface area (TPSA) is 64.1 Å². The van der Waals surface area contributed by atoms with Gasteiger partial charge in [0.2, 0.25) is 5.13 Å². The zero-order valence-electron chi connectivity index (χ0n) is 8.84. The quantitative estimate of drug-likeness (QED) is 0.927. The van der Waals surface area contributed by atoms with Crippen molar-refractivity contribution in [2.75, 3.05) is 5.32 Å². The summed E-state index contributed by atoms with van der Waals surface area (Å²) >= 11 is 1.18. The summed E-state index contributed by atoms with van der Waals surface area (Å²) in [6.07, 6.45) is 0. The van der Waals surface area contributed by atoms with Crippen LogP contribution in [0, 0.1) is 0 Å². The number of amides is 1. The van der Waals surface area contributed by atoms with Gasteiger partial charge in [0, 0.05) is 5.56 Å². The summed E-state index contributed by atoms with van der Waals surface area (Å²) < 4.78 is 28.0. The molecule has 1 amide bonds. The molecule has 94 valence electrons. The smallest absolute Gasteiger partial charge is 0.387 e. The standard InChI is InChI=1S/C10H7F2N3O2S/c11-9(12)17-7-3-1-6(2-4-7)8(16)14-10-15-13-5-18-10/h1-5,9H,(H,14,15,16). The van der Waals surface area contributed by atoms with Crippen LogP contribution in [0.5, 0.6) is 5.75 Å². The molecular weight excluding hydrogens is 264 g/mol. The molecule has 0 bridgehead atoms. The van der Waals surface area contributed by atoms with Gasteiger partial charge >= 0.3 is 6.61 Å². The molecule has 2 rings (SSSR count). The van der Waals surface area contributed by atoms with Crippen molar-refractivity contribution in [2.45, 2.75) is 6.61 Å². The van der Waals surface area contributed by atoms with Crippen LogP contribution in [0.15, 0.2) is 29.8 Å². The Morgan fingerprint density at radius 2 is 2.06 bits per heavy atom. The van der Waals surface area contributed by atoms with Gasteiger partial charge in [0.05, 0.1) is 0 Å². The Morgan fingerprint density at radius 3 is 2.61 bits per heavy atom. The van der Waals surface area contributed by atoms with Crippen LogP contribution in [0.3, 0.4) is 0 Å². The maximum atomic E-state index is 11.9. The summed E-state index contributed by atoms with van der Waals surface area (Å²) in [5.74, 6) is -0.396. The number of alkyl halides is 2. The summed E-state index contributed by atoms with van der Waals surface area (Å²) in [6.45, 7) is -2.88. The van der Waals surface area contributed by atoms with Crippen molar-refractivity contribution >= 4 is 22.4 Å². The van der Waals surface area contributed by atoms with Crippen LogP contribution in [0.1, 0.15) is 10.4 Å². The third kappa shape index (κ3) is 3.20. The number of aromatic nitrogens is 2. The number of hydrogen-bond donors (Lipinski definition) is 1. The van der Waals surface area contributed by atoms with Crippen LogP contribution in [-0.4, -0.2) is 22.7 Å². The first kappa shape index (κ1) is 12.4. The number of nitrogens with zero attached hydrogens (tertiary/aromatic N) is 2. The van der Waals surface area contributed by atoms with Crippen molar-refractivity contribution in [1.29, 1.82) is 0 Å². The van der Waals surface area contributed by atoms with E-state index in [9.17, 15) is 13.6 Å². The molecule has 1 aromatic carbocycles. The minimum atomic E-state index is -2.88. The molecule has 8 heteroatoms. The van der Waals surface area contributed by atoms with E-state index in [1.807, 2.05) is 0 Å². The van der Waals surface area contributed by atoms with Crippen molar-refractivity contribution in [2.24, 2.45) is 0 Å². The van der Waals surface area contributed by atoms with E-state index >= 15 is 0 Å². The van der Waals surface area contributed by atoms with E-state index in [2.05, 4.69) is 20.3 Å². The van der Waals surface area contributed by atoms with Crippen LogP contribution in [-0.2, 0) is 0 Å². The normalized spacial score (nSPS) is 10.4. The SMILES string of the molecule is O=C(Nc1nncs1)c1ccc(OC(F)F)cc1. The molecule has 0 spiro atoms. The molecule has 0 saturated carbocycles.